The molecule has 4 atom stereocenters. The molecule has 9 N–H and O–H groups in total. The summed E-state index contributed by atoms with van der Waals surface area (Å²) in [6.45, 7) is 0. The number of rotatable bonds is 10. The number of nitrogens with two attached hydrogens (primary N) is 1. The number of ketones is 1. The maximum absolute atomic E-state index is 13.3. The quantitative estimate of drug-likeness (QED) is 0.0709. The zero-order valence-electron chi connectivity index (χ0n) is 22.4. The highest BCUT2D eigenvalue weighted by Gasteiger charge is 2.32. The molecule has 0 radical (unpaired) electrons. The van der Waals surface area contributed by atoms with E-state index in [2.05, 4.69) is 33.9 Å². The van der Waals surface area contributed by atoms with Crippen molar-refractivity contribution >= 4 is 53.8 Å². The normalized spacial score (nSPS) is 22.8. The molecular weight excluding hydrogens is 556 g/mol. The minimum atomic E-state index is -1.54. The Bertz CT molecular complexity index is 1150. The van der Waals surface area contributed by atoms with Crippen molar-refractivity contribution in [2.45, 2.75) is 75.5 Å². The van der Waals surface area contributed by atoms with Crippen molar-refractivity contribution in [3.8, 4) is 5.75 Å². The number of carboxylic acids is 1. The third-order valence-electron chi connectivity index (χ3n) is 6.35. The molecule has 4 amide bonds. The number of benzene rings is 1. The van der Waals surface area contributed by atoms with Gasteiger partial charge in [-0.3, -0.25) is 34.2 Å². The van der Waals surface area contributed by atoms with Gasteiger partial charge in [-0.1, -0.05) is 18.6 Å². The molecule has 14 nitrogen and oxygen atoms in total. The van der Waals surface area contributed by atoms with Crippen LogP contribution in [0.5, 0.6) is 5.75 Å². The molecule has 1 aromatic carbocycles. The molecule has 15 heteroatoms. The van der Waals surface area contributed by atoms with Gasteiger partial charge in [0.15, 0.2) is 5.78 Å². The van der Waals surface area contributed by atoms with Crippen molar-refractivity contribution in [3.05, 3.63) is 29.8 Å². The monoisotopic (exact) mass is 592 g/mol. The van der Waals surface area contributed by atoms with Gasteiger partial charge in [0, 0.05) is 31.4 Å². The zero-order chi connectivity index (χ0) is 30.5. The average molecular weight is 593 g/mol. The number of thiol groups is 1. The zero-order valence-corrected chi connectivity index (χ0v) is 23.2. The first-order valence-electron chi connectivity index (χ1n) is 13.1. The summed E-state index contributed by atoms with van der Waals surface area (Å²) >= 11 is 4.16. The van der Waals surface area contributed by atoms with E-state index in [4.69, 9.17) is 11.1 Å². The predicted molar refractivity (Wildman–Crippen MR) is 150 cm³/mol. The van der Waals surface area contributed by atoms with E-state index in [0.717, 1.165) is 0 Å². The van der Waals surface area contributed by atoms with Gasteiger partial charge in [0.25, 0.3) is 0 Å². The van der Waals surface area contributed by atoms with Crippen molar-refractivity contribution in [2.75, 3.05) is 5.75 Å². The molecule has 0 unspecified atom stereocenters. The van der Waals surface area contributed by atoms with Gasteiger partial charge < -0.3 is 37.2 Å². The third kappa shape index (κ3) is 11.5. The van der Waals surface area contributed by atoms with Crippen LogP contribution in [0.3, 0.4) is 0 Å². The van der Waals surface area contributed by atoms with Crippen molar-refractivity contribution in [2.24, 2.45) is 5.73 Å². The number of phenolic OH excluding ortho intramolecular Hbond substituents is 1. The number of unbranched alkanes of at least 4 members (excludes halogenated alkanes) is 1. The first kappa shape index (κ1) is 33.1. The maximum Gasteiger partial charge on any atom is 0.305 e. The van der Waals surface area contributed by atoms with Gasteiger partial charge in [-0.2, -0.15) is 12.6 Å². The lowest BCUT2D eigenvalue weighted by Crippen LogP contribution is -2.58. The highest BCUT2D eigenvalue weighted by atomic mass is 32.1. The second-order valence-electron chi connectivity index (χ2n) is 9.69. The van der Waals surface area contributed by atoms with Crippen LogP contribution in [0.25, 0.3) is 0 Å². The van der Waals surface area contributed by atoms with E-state index in [1.165, 1.54) is 24.3 Å². The van der Waals surface area contributed by atoms with Crippen molar-refractivity contribution in [1.29, 1.82) is 5.41 Å². The highest BCUT2D eigenvalue weighted by Crippen LogP contribution is 2.13. The lowest BCUT2D eigenvalue weighted by Gasteiger charge is -2.25. The van der Waals surface area contributed by atoms with E-state index in [0.29, 0.717) is 24.8 Å². The average Bonchev–Trinajstić information content (AvgIpc) is 2.91. The van der Waals surface area contributed by atoms with Gasteiger partial charge in [-0.05, 0) is 30.5 Å². The summed E-state index contributed by atoms with van der Waals surface area (Å²) in [7, 11) is 0. The largest absolute Gasteiger partial charge is 0.508 e. The Labute approximate surface area is 242 Å². The van der Waals surface area contributed by atoms with Crippen LogP contribution in [-0.2, 0) is 35.2 Å². The Morgan fingerprint density at radius 3 is 2.07 bits per heavy atom. The number of amidine groups is 1. The molecule has 1 aromatic rings. The van der Waals surface area contributed by atoms with E-state index >= 15 is 0 Å². The first-order chi connectivity index (χ1) is 19.4. The molecule has 1 fully saturated rings. The number of carbonyl (C=O) groups excluding carboxylic acids is 5. The van der Waals surface area contributed by atoms with E-state index in [1.54, 1.807) is 0 Å². The second kappa shape index (κ2) is 16.2. The van der Waals surface area contributed by atoms with Gasteiger partial charge in [-0.25, -0.2) is 0 Å². The standard InChI is InChI=1S/C26H36N6O8S/c27-21(28)4-2-1-3-16-20(34)9-10-22(35)29-18(12-23(36)37)25(39)31-17(11-14-5-7-15(33)8-6-14)24(38)32-19(13-41)26(40)30-16/h5-8,16-19,33,41H,1-4,9-13H2,(H3,27,28)(H,29,35)(H,30,40)(H,31,39)(H,32,38)(H,36,37)/t16-,17+,18-,19-/m0/s1. The summed E-state index contributed by atoms with van der Waals surface area (Å²) in [5.41, 5.74) is 5.91. The number of nitrogens with one attached hydrogen (secondary N) is 5. The van der Waals surface area contributed by atoms with Crippen LogP contribution >= 0.6 is 12.6 Å². The topological polar surface area (TPSA) is 241 Å². The molecule has 0 spiro atoms. The van der Waals surface area contributed by atoms with Crippen molar-refractivity contribution in [3.63, 3.8) is 0 Å². The minimum absolute atomic E-state index is 0.0158. The lowest BCUT2D eigenvalue weighted by molar-refractivity contribution is -0.141. The van der Waals surface area contributed by atoms with Crippen LogP contribution < -0.4 is 27.0 Å². The molecule has 1 heterocycles. The Hall–Kier alpha value is -4.14. The SMILES string of the molecule is N=C(N)CCCC[C@@H]1NC(=O)[C@H](CS)NC(=O)[C@@H](Cc2ccc(O)cc2)NC(=O)[C@H](CC(=O)O)NC(=O)CCC1=O. The van der Waals surface area contributed by atoms with Crippen LogP contribution in [0.2, 0.25) is 0 Å². The Morgan fingerprint density at radius 2 is 1.46 bits per heavy atom. The molecule has 1 aliphatic rings. The minimum Gasteiger partial charge on any atom is -0.508 e. The summed E-state index contributed by atoms with van der Waals surface area (Å²) in [4.78, 5) is 76.5. The lowest BCUT2D eigenvalue weighted by atomic mass is 10.00. The van der Waals surface area contributed by atoms with Gasteiger partial charge >= 0.3 is 5.97 Å². The molecule has 224 valence electrons. The Balaban J connectivity index is 2.38. The number of aromatic hydroxyl groups is 1. The number of hydrogen-bond donors (Lipinski definition) is 9. The number of Topliss-reactive ketones (excluding diaryl/α,β-unsaturated/α-hetero) is 1. The van der Waals surface area contributed by atoms with Crippen LogP contribution in [0, 0.1) is 5.41 Å². The van der Waals surface area contributed by atoms with E-state index in [1.807, 2.05) is 0 Å². The molecule has 41 heavy (non-hydrogen) atoms. The number of phenols is 1. The Morgan fingerprint density at radius 1 is 0.878 bits per heavy atom. The summed E-state index contributed by atoms with van der Waals surface area (Å²) in [6.07, 6.45) is -0.113. The van der Waals surface area contributed by atoms with Gasteiger partial charge in [0.1, 0.15) is 23.9 Å². The molecule has 0 saturated carbocycles. The summed E-state index contributed by atoms with van der Waals surface area (Å²) in [6, 6.07) is 0.755. The number of hydrogen-bond acceptors (Lipinski definition) is 9. The number of aliphatic carboxylic acids is 1. The molecule has 0 bridgehead atoms. The first-order valence-corrected chi connectivity index (χ1v) is 13.7. The smallest absolute Gasteiger partial charge is 0.305 e. The van der Waals surface area contributed by atoms with Crippen LogP contribution in [0.15, 0.2) is 24.3 Å². The van der Waals surface area contributed by atoms with Gasteiger partial charge in [-0.15, -0.1) is 0 Å². The fraction of sp³-hybridized carbons (Fsp3) is 0.500. The van der Waals surface area contributed by atoms with E-state index < -0.39 is 66.0 Å². The fourth-order valence-electron chi connectivity index (χ4n) is 4.13. The van der Waals surface area contributed by atoms with Crippen LogP contribution in [-0.4, -0.2) is 81.4 Å². The highest BCUT2D eigenvalue weighted by molar-refractivity contribution is 7.80. The number of carboxylic acid groups (broad SMARTS) is 1. The molecule has 0 aliphatic carbocycles. The molecule has 1 saturated heterocycles. The van der Waals surface area contributed by atoms with Crippen molar-refractivity contribution in [1.82, 2.24) is 21.3 Å². The number of carbonyl (C=O) groups is 6. The maximum atomic E-state index is 13.3. The van der Waals surface area contributed by atoms with E-state index in [9.17, 15) is 39.0 Å². The van der Waals surface area contributed by atoms with Crippen LogP contribution in [0.1, 0.15) is 50.5 Å². The third-order valence-corrected chi connectivity index (χ3v) is 6.71. The molecular formula is C26H36N6O8S. The second-order valence-corrected chi connectivity index (χ2v) is 10.1. The summed E-state index contributed by atoms with van der Waals surface area (Å²) < 4.78 is 0. The Kier molecular flexibility index (Phi) is 13.1. The predicted octanol–water partition coefficient (Wildman–Crippen LogP) is -0.862. The van der Waals surface area contributed by atoms with Gasteiger partial charge in [0.05, 0.1) is 18.3 Å². The van der Waals surface area contributed by atoms with Crippen LogP contribution in [0.4, 0.5) is 0 Å². The fourth-order valence-corrected chi connectivity index (χ4v) is 4.38. The van der Waals surface area contributed by atoms with E-state index in [-0.39, 0.29) is 43.0 Å². The molecule has 2 rings (SSSR count). The van der Waals surface area contributed by atoms with Crippen molar-refractivity contribution < 1.29 is 39.0 Å². The van der Waals surface area contributed by atoms with Gasteiger partial charge in [0.2, 0.25) is 23.6 Å². The summed E-state index contributed by atoms with van der Waals surface area (Å²) in [5, 5.41) is 36.1. The summed E-state index contributed by atoms with van der Waals surface area (Å²) in [5.74, 6) is -5.24. The molecule has 0 aromatic heterocycles. The number of amides is 4. The molecule has 1 aliphatic heterocycles.